The van der Waals surface area contributed by atoms with E-state index in [1.165, 1.54) is 17.2 Å². The van der Waals surface area contributed by atoms with Gasteiger partial charge in [-0.15, -0.1) is 0 Å². The molecule has 1 saturated heterocycles. The van der Waals surface area contributed by atoms with Crippen molar-refractivity contribution in [1.29, 1.82) is 0 Å². The summed E-state index contributed by atoms with van der Waals surface area (Å²) in [6.07, 6.45) is -1.71. The molecule has 11 heteroatoms. The summed E-state index contributed by atoms with van der Waals surface area (Å²) in [5.41, 5.74) is 7.14. The molecule has 1 aliphatic rings. The summed E-state index contributed by atoms with van der Waals surface area (Å²) < 4.78 is 13.0. The summed E-state index contributed by atoms with van der Waals surface area (Å²) in [7, 11) is -1.82. The molecule has 1 aromatic carbocycles. The predicted molar refractivity (Wildman–Crippen MR) is 129 cm³/mol. The number of hydrogen-bond acceptors (Lipinski definition) is 9. The molecule has 182 valence electrons. The van der Waals surface area contributed by atoms with Gasteiger partial charge in [0.25, 0.3) is 0 Å². The van der Waals surface area contributed by atoms with Crippen molar-refractivity contribution >= 4 is 36.2 Å². The van der Waals surface area contributed by atoms with Crippen molar-refractivity contribution in [2.24, 2.45) is 0 Å². The van der Waals surface area contributed by atoms with Gasteiger partial charge in [-0.3, -0.25) is 4.57 Å². The van der Waals surface area contributed by atoms with Crippen LogP contribution in [-0.4, -0.2) is 68.7 Å². The number of anilines is 1. The lowest BCUT2D eigenvalue weighted by Gasteiger charge is -2.30. The molecule has 34 heavy (non-hydrogen) atoms. The van der Waals surface area contributed by atoms with Crippen LogP contribution < -0.4 is 10.9 Å². The number of nitrogens with zero attached hydrogens (tertiary/aromatic N) is 4. The van der Waals surface area contributed by atoms with Crippen LogP contribution in [0.25, 0.3) is 11.2 Å². The van der Waals surface area contributed by atoms with E-state index in [0.717, 1.165) is 23.3 Å². The number of nitrogen functional groups attached to an aromatic ring is 1. The van der Waals surface area contributed by atoms with Crippen molar-refractivity contribution in [1.82, 2.24) is 19.5 Å². The van der Waals surface area contributed by atoms with Crippen LogP contribution in [0, 0.1) is 0 Å². The molecule has 0 spiro atoms. The van der Waals surface area contributed by atoms with Gasteiger partial charge in [0.1, 0.15) is 36.8 Å². The standard InChI is InChI=1S/C23H31N5O5Si/c1-4-34(5-2,6-3)16-10-8-7-9-14(16)23(31)32-11-15-18(29)19(30)22(33-15)28-13-27-17-20(24)25-12-26-21(17)28/h7-10,12-13,15,18-19,22,29-30H,4-6,11H2,1-3H3,(H2,24,25,26)/t15-,18-,19-,22-/m1/s1. The summed E-state index contributed by atoms with van der Waals surface area (Å²) in [6, 6.07) is 10.7. The fourth-order valence-corrected chi connectivity index (χ4v) is 8.68. The van der Waals surface area contributed by atoms with Crippen LogP contribution in [0.2, 0.25) is 18.1 Å². The van der Waals surface area contributed by atoms with Gasteiger partial charge in [0.15, 0.2) is 17.7 Å². The van der Waals surface area contributed by atoms with Gasteiger partial charge < -0.3 is 25.4 Å². The van der Waals surface area contributed by atoms with Crippen LogP contribution in [0.4, 0.5) is 5.82 Å². The number of nitrogens with two attached hydrogens (primary N) is 1. The number of aliphatic hydroxyl groups is 2. The van der Waals surface area contributed by atoms with Crippen molar-refractivity contribution in [3.63, 3.8) is 0 Å². The first-order chi connectivity index (χ1) is 16.4. The van der Waals surface area contributed by atoms with Crippen molar-refractivity contribution in [3.8, 4) is 0 Å². The predicted octanol–water partition coefficient (Wildman–Crippen LogP) is 1.60. The van der Waals surface area contributed by atoms with Crippen LogP contribution in [-0.2, 0) is 9.47 Å². The Hall–Kier alpha value is -2.86. The Balaban J connectivity index is 1.51. The van der Waals surface area contributed by atoms with E-state index in [9.17, 15) is 15.0 Å². The maximum Gasteiger partial charge on any atom is 0.338 e. The minimum atomic E-state index is -1.82. The van der Waals surface area contributed by atoms with Crippen molar-refractivity contribution < 1.29 is 24.5 Å². The van der Waals surface area contributed by atoms with Crippen LogP contribution >= 0.6 is 0 Å². The Labute approximate surface area is 198 Å². The summed E-state index contributed by atoms with van der Waals surface area (Å²) in [5.74, 6) is -0.253. The highest BCUT2D eigenvalue weighted by Gasteiger charge is 2.45. The van der Waals surface area contributed by atoms with E-state index in [4.69, 9.17) is 15.2 Å². The van der Waals surface area contributed by atoms with Gasteiger partial charge in [0, 0.05) is 0 Å². The van der Waals surface area contributed by atoms with E-state index in [1.807, 2.05) is 18.2 Å². The SMILES string of the molecule is CC[Si](CC)(CC)c1ccccc1C(=O)OC[C@H]1O[C@@H](n2cnc3c(N)ncnc32)[C@H](O)[C@@H]1O. The molecule has 10 nitrogen and oxygen atoms in total. The van der Waals surface area contributed by atoms with Crippen LogP contribution in [0.15, 0.2) is 36.9 Å². The minimum absolute atomic E-state index is 0.201. The number of hydrogen-bond donors (Lipinski definition) is 3. The van der Waals surface area contributed by atoms with Gasteiger partial charge in [-0.1, -0.05) is 57.1 Å². The lowest BCUT2D eigenvalue weighted by molar-refractivity contribution is -0.0565. The highest BCUT2D eigenvalue weighted by molar-refractivity contribution is 6.92. The molecule has 4 N–H and O–H groups in total. The summed E-state index contributed by atoms with van der Waals surface area (Å²) in [5, 5.41) is 22.3. The van der Waals surface area contributed by atoms with Gasteiger partial charge >= 0.3 is 5.97 Å². The molecule has 4 atom stereocenters. The second kappa shape index (κ2) is 9.78. The number of esters is 1. The maximum absolute atomic E-state index is 13.1. The topological polar surface area (TPSA) is 146 Å². The number of aromatic nitrogens is 4. The Morgan fingerprint density at radius 2 is 1.82 bits per heavy atom. The molecule has 0 saturated carbocycles. The molecular weight excluding hydrogens is 454 g/mol. The molecule has 0 unspecified atom stereocenters. The zero-order valence-corrected chi connectivity index (χ0v) is 20.6. The number of carbonyl (C=O) groups excluding carboxylic acids is 1. The number of imidazole rings is 1. The van der Waals surface area contributed by atoms with Gasteiger partial charge in [-0.2, -0.15) is 0 Å². The summed E-state index contributed by atoms with van der Waals surface area (Å²) in [4.78, 5) is 25.3. The number of aliphatic hydroxyl groups excluding tert-OH is 2. The minimum Gasteiger partial charge on any atom is -0.459 e. The smallest absolute Gasteiger partial charge is 0.338 e. The highest BCUT2D eigenvalue weighted by Crippen LogP contribution is 2.32. The fraction of sp³-hybridized carbons (Fsp3) is 0.478. The molecule has 3 aromatic rings. The lowest BCUT2D eigenvalue weighted by atomic mass is 10.1. The van der Waals surface area contributed by atoms with Gasteiger partial charge in [-0.05, 0) is 11.3 Å². The van der Waals surface area contributed by atoms with Crippen molar-refractivity contribution in [3.05, 3.63) is 42.5 Å². The Bertz CT molecular complexity index is 1160. The zero-order chi connectivity index (χ0) is 24.5. The van der Waals surface area contributed by atoms with Gasteiger partial charge in [-0.25, -0.2) is 19.7 Å². The average molecular weight is 486 g/mol. The van der Waals surface area contributed by atoms with E-state index in [0.29, 0.717) is 16.7 Å². The molecule has 0 amide bonds. The third kappa shape index (κ3) is 4.09. The molecule has 3 heterocycles. The molecular formula is C23H31N5O5Si. The molecule has 0 aliphatic carbocycles. The number of carbonyl (C=O) groups is 1. The Kier molecular flexibility index (Phi) is 6.98. The van der Waals surface area contributed by atoms with E-state index in [1.54, 1.807) is 6.07 Å². The zero-order valence-electron chi connectivity index (χ0n) is 19.6. The lowest BCUT2D eigenvalue weighted by Crippen LogP contribution is -2.48. The number of benzene rings is 1. The third-order valence-corrected chi connectivity index (χ3v) is 12.8. The molecule has 0 bridgehead atoms. The van der Waals surface area contributed by atoms with E-state index in [-0.39, 0.29) is 12.4 Å². The Morgan fingerprint density at radius 3 is 2.53 bits per heavy atom. The fourth-order valence-electron chi connectivity index (χ4n) is 4.83. The maximum atomic E-state index is 13.1. The normalized spacial score (nSPS) is 22.9. The summed E-state index contributed by atoms with van der Waals surface area (Å²) >= 11 is 0. The number of ether oxygens (including phenoxy) is 2. The third-order valence-electron chi connectivity index (χ3n) is 7.13. The first kappa shape index (κ1) is 24.3. The van der Waals surface area contributed by atoms with Crippen LogP contribution in [0.1, 0.15) is 37.4 Å². The number of rotatable bonds is 8. The van der Waals surface area contributed by atoms with Gasteiger partial charge in [0.05, 0.1) is 20.0 Å². The quantitative estimate of drug-likeness (QED) is 0.320. The summed E-state index contributed by atoms with van der Waals surface area (Å²) in [6.45, 7) is 6.35. The second-order valence-electron chi connectivity index (χ2n) is 8.61. The molecule has 4 rings (SSSR count). The van der Waals surface area contributed by atoms with Crippen LogP contribution in [0.5, 0.6) is 0 Å². The molecule has 2 aromatic heterocycles. The second-order valence-corrected chi connectivity index (χ2v) is 13.8. The van der Waals surface area contributed by atoms with Crippen molar-refractivity contribution in [2.45, 2.75) is 63.4 Å². The van der Waals surface area contributed by atoms with E-state index < -0.39 is 38.6 Å². The Morgan fingerprint density at radius 1 is 1.12 bits per heavy atom. The van der Waals surface area contributed by atoms with E-state index >= 15 is 0 Å². The largest absolute Gasteiger partial charge is 0.459 e. The monoisotopic (exact) mass is 485 g/mol. The average Bonchev–Trinajstić information content (AvgIpc) is 3.41. The van der Waals surface area contributed by atoms with E-state index in [2.05, 4.69) is 35.7 Å². The molecule has 1 aliphatic heterocycles. The number of fused-ring (bicyclic) bond motifs is 1. The molecule has 0 radical (unpaired) electrons. The first-order valence-electron chi connectivity index (χ1n) is 11.6. The first-order valence-corrected chi connectivity index (χ1v) is 14.2. The van der Waals surface area contributed by atoms with Gasteiger partial charge in [0.2, 0.25) is 0 Å². The van der Waals surface area contributed by atoms with Crippen molar-refractivity contribution in [2.75, 3.05) is 12.3 Å². The molecule has 1 fully saturated rings. The van der Waals surface area contributed by atoms with Crippen LogP contribution in [0.3, 0.4) is 0 Å². The highest BCUT2D eigenvalue weighted by atomic mass is 28.3.